The Hall–Kier alpha value is -3.52. The first kappa shape index (κ1) is 30.9. The minimum absolute atomic E-state index is 0.0439. The van der Waals surface area contributed by atoms with E-state index in [2.05, 4.69) is 57.8 Å². The molecule has 1 N–H and O–H groups in total. The van der Waals surface area contributed by atoms with Crippen molar-refractivity contribution in [1.29, 1.82) is 0 Å². The number of carbonyl (C=O) groups is 1. The van der Waals surface area contributed by atoms with Crippen LogP contribution in [0.25, 0.3) is 33.6 Å². The van der Waals surface area contributed by atoms with Gasteiger partial charge in [0, 0.05) is 42.5 Å². The second kappa shape index (κ2) is 13.4. The van der Waals surface area contributed by atoms with Crippen molar-refractivity contribution in [2.45, 2.75) is 47.0 Å². The molecule has 1 amide bonds. The van der Waals surface area contributed by atoms with Crippen LogP contribution in [0.1, 0.15) is 59.8 Å². The molecule has 0 aliphatic carbocycles. The summed E-state index contributed by atoms with van der Waals surface area (Å²) in [4.78, 5) is 36.9. The van der Waals surface area contributed by atoms with Crippen molar-refractivity contribution >= 4 is 34.9 Å². The van der Waals surface area contributed by atoms with Crippen LogP contribution in [0.15, 0.2) is 59.9 Å². The average Bonchev–Trinajstić information content (AvgIpc) is 3.45. The van der Waals surface area contributed by atoms with E-state index < -0.39 is 0 Å². The minimum Gasteiger partial charge on any atom is -0.336 e. The van der Waals surface area contributed by atoms with E-state index in [0.717, 1.165) is 64.6 Å². The fourth-order valence-corrected chi connectivity index (χ4v) is 6.83. The second-order valence-corrected chi connectivity index (χ2v) is 12.7. The summed E-state index contributed by atoms with van der Waals surface area (Å²) in [5.74, 6) is 0.186. The number of rotatable bonds is 9. The third kappa shape index (κ3) is 6.26. The number of halogens is 1. The van der Waals surface area contributed by atoms with Crippen LogP contribution in [-0.4, -0.2) is 46.5 Å². The number of thiazole rings is 1. The zero-order valence-corrected chi connectivity index (χ0v) is 26.9. The summed E-state index contributed by atoms with van der Waals surface area (Å²) in [5.41, 5.74) is 6.28. The predicted molar refractivity (Wildman–Crippen MR) is 180 cm³/mol. The molecule has 2 aromatic heterocycles. The molecule has 0 unspecified atom stereocenters. The van der Waals surface area contributed by atoms with Crippen molar-refractivity contribution in [3.63, 3.8) is 0 Å². The Morgan fingerprint density at radius 2 is 1.74 bits per heavy atom. The van der Waals surface area contributed by atoms with Gasteiger partial charge in [0.25, 0.3) is 11.5 Å². The van der Waals surface area contributed by atoms with Gasteiger partial charge in [0.15, 0.2) is 0 Å². The van der Waals surface area contributed by atoms with Crippen molar-refractivity contribution in [1.82, 2.24) is 19.8 Å². The van der Waals surface area contributed by atoms with Gasteiger partial charge in [0.2, 0.25) is 0 Å². The van der Waals surface area contributed by atoms with Crippen LogP contribution in [0.2, 0.25) is 5.02 Å². The van der Waals surface area contributed by atoms with Gasteiger partial charge in [-0.2, -0.15) is 0 Å². The van der Waals surface area contributed by atoms with Crippen LogP contribution < -0.4 is 10.9 Å². The number of aryl methyl sites for hydroxylation is 2. The summed E-state index contributed by atoms with van der Waals surface area (Å²) < 4.78 is 1.85. The number of hydrogen-bond acceptors (Lipinski definition) is 5. The molecule has 4 aromatic rings. The average molecular weight is 615 g/mol. The van der Waals surface area contributed by atoms with Crippen molar-refractivity contribution < 1.29 is 4.79 Å². The quantitative estimate of drug-likeness (QED) is 0.215. The zero-order chi connectivity index (χ0) is 30.7. The fourth-order valence-electron chi connectivity index (χ4n) is 5.76. The number of nitrogens with one attached hydrogen (secondary N) is 1. The Morgan fingerprint density at radius 3 is 2.33 bits per heavy atom. The van der Waals surface area contributed by atoms with Crippen molar-refractivity contribution in [2.24, 2.45) is 5.92 Å². The standard InChI is InChI=1S/C35H39ClN4O2S/c1-6-23-10-9-11-24(7-2)32(23)40-29(20-22(4)5)27(34(41)39-18-16-37-17-19-39)21-28(35(40)42)33-38-31(30(8-3)43-33)25-12-14-26(36)15-13-25/h8-15,21-22,37H,3,6-7,16-20H2,1-2,4-5H3. The zero-order valence-electron chi connectivity index (χ0n) is 25.4. The molecule has 224 valence electrons. The number of nitrogens with zero attached hydrogens (tertiary/aromatic N) is 3. The minimum atomic E-state index is -0.157. The Kier molecular flexibility index (Phi) is 9.65. The SMILES string of the molecule is C=Cc1sc(-c2cc(C(=O)N3CCNCC3)c(CC(C)C)n(-c3c(CC)cccc3CC)c2=O)nc1-c1ccc(Cl)cc1. The van der Waals surface area contributed by atoms with E-state index in [9.17, 15) is 9.59 Å². The first-order valence-electron chi connectivity index (χ1n) is 15.1. The molecular formula is C35H39ClN4O2S. The number of carbonyl (C=O) groups excluding carboxylic acids is 1. The Labute approximate surface area is 263 Å². The van der Waals surface area contributed by atoms with Crippen LogP contribution in [0.3, 0.4) is 0 Å². The third-order valence-corrected chi connectivity index (χ3v) is 9.25. The molecular weight excluding hydrogens is 576 g/mol. The molecule has 43 heavy (non-hydrogen) atoms. The van der Waals surface area contributed by atoms with Crippen LogP contribution in [0.4, 0.5) is 0 Å². The highest BCUT2D eigenvalue weighted by Crippen LogP contribution is 2.36. The predicted octanol–water partition coefficient (Wildman–Crippen LogP) is 7.29. The first-order valence-corrected chi connectivity index (χ1v) is 16.3. The van der Waals surface area contributed by atoms with Crippen molar-refractivity contribution in [3.05, 3.63) is 97.7 Å². The molecule has 0 bridgehead atoms. The van der Waals surface area contributed by atoms with Crippen LogP contribution in [-0.2, 0) is 19.3 Å². The second-order valence-electron chi connectivity index (χ2n) is 11.3. The summed E-state index contributed by atoms with van der Waals surface area (Å²) >= 11 is 7.57. The monoisotopic (exact) mass is 614 g/mol. The molecule has 1 fully saturated rings. The van der Waals surface area contributed by atoms with Gasteiger partial charge in [0.05, 0.1) is 27.4 Å². The lowest BCUT2D eigenvalue weighted by Crippen LogP contribution is -2.47. The molecule has 1 aliphatic heterocycles. The van der Waals surface area contributed by atoms with Gasteiger partial charge in [-0.25, -0.2) is 4.98 Å². The highest BCUT2D eigenvalue weighted by atomic mass is 35.5. The number of hydrogen-bond donors (Lipinski definition) is 1. The largest absolute Gasteiger partial charge is 0.336 e. The van der Waals surface area contributed by atoms with E-state index >= 15 is 0 Å². The van der Waals surface area contributed by atoms with E-state index in [0.29, 0.717) is 40.7 Å². The number of benzene rings is 2. The topological polar surface area (TPSA) is 67.2 Å². The lowest BCUT2D eigenvalue weighted by atomic mass is 9.97. The summed E-state index contributed by atoms with van der Waals surface area (Å²) in [5, 5.41) is 4.55. The molecule has 0 radical (unpaired) electrons. The van der Waals surface area contributed by atoms with Crippen LogP contribution in [0, 0.1) is 5.92 Å². The van der Waals surface area contributed by atoms with E-state index in [1.54, 1.807) is 12.1 Å². The summed E-state index contributed by atoms with van der Waals surface area (Å²) in [6.45, 7) is 15.2. The molecule has 1 aliphatic rings. The molecule has 8 heteroatoms. The van der Waals surface area contributed by atoms with Gasteiger partial charge in [0.1, 0.15) is 5.01 Å². The normalized spacial score (nSPS) is 13.5. The summed E-state index contributed by atoms with van der Waals surface area (Å²) in [6.07, 6.45) is 3.89. The molecule has 0 atom stereocenters. The number of piperazine rings is 1. The smallest absolute Gasteiger partial charge is 0.265 e. The molecule has 0 spiro atoms. The van der Waals surface area contributed by atoms with Gasteiger partial charge in [-0.15, -0.1) is 11.3 Å². The van der Waals surface area contributed by atoms with Gasteiger partial charge in [-0.1, -0.05) is 76.2 Å². The number of pyridine rings is 1. The first-order chi connectivity index (χ1) is 20.8. The number of aromatic nitrogens is 2. The van der Waals surface area contributed by atoms with Crippen LogP contribution in [0.5, 0.6) is 0 Å². The van der Waals surface area contributed by atoms with Gasteiger partial charge >= 0.3 is 0 Å². The Balaban J connectivity index is 1.84. The van der Waals surface area contributed by atoms with Gasteiger partial charge in [-0.05, 0) is 60.6 Å². The highest BCUT2D eigenvalue weighted by Gasteiger charge is 2.29. The molecule has 5 rings (SSSR count). The van der Waals surface area contributed by atoms with Crippen molar-refractivity contribution in [3.8, 4) is 27.5 Å². The lowest BCUT2D eigenvalue weighted by Gasteiger charge is -2.30. The van der Waals surface area contributed by atoms with E-state index in [-0.39, 0.29) is 17.4 Å². The van der Waals surface area contributed by atoms with E-state index in [4.69, 9.17) is 16.6 Å². The van der Waals surface area contributed by atoms with Crippen LogP contribution >= 0.6 is 22.9 Å². The lowest BCUT2D eigenvalue weighted by molar-refractivity contribution is 0.0733. The molecule has 1 saturated heterocycles. The van der Waals surface area contributed by atoms with Gasteiger partial charge < -0.3 is 10.2 Å². The number of amides is 1. The molecule has 6 nitrogen and oxygen atoms in total. The van der Waals surface area contributed by atoms with E-state index in [1.165, 1.54) is 11.3 Å². The molecule has 2 aromatic carbocycles. The Bertz CT molecular complexity index is 1680. The summed E-state index contributed by atoms with van der Waals surface area (Å²) in [7, 11) is 0. The van der Waals surface area contributed by atoms with Crippen molar-refractivity contribution in [2.75, 3.05) is 26.2 Å². The highest BCUT2D eigenvalue weighted by molar-refractivity contribution is 7.16. The maximum atomic E-state index is 14.8. The maximum Gasteiger partial charge on any atom is 0.265 e. The number of para-hydroxylation sites is 1. The molecule has 0 saturated carbocycles. The molecule has 3 heterocycles. The maximum absolute atomic E-state index is 14.8. The Morgan fingerprint density at radius 1 is 1.09 bits per heavy atom. The van der Waals surface area contributed by atoms with E-state index in [1.807, 2.05) is 33.7 Å². The summed E-state index contributed by atoms with van der Waals surface area (Å²) in [6, 6.07) is 15.5. The third-order valence-electron chi connectivity index (χ3n) is 7.91. The fraction of sp³-hybridized carbons (Fsp3) is 0.343. The van der Waals surface area contributed by atoms with Gasteiger partial charge in [-0.3, -0.25) is 14.2 Å².